The first-order chi connectivity index (χ1) is 9.95. The lowest BCUT2D eigenvalue weighted by Crippen LogP contribution is -2.30. The van der Waals surface area contributed by atoms with E-state index in [9.17, 15) is 8.42 Å². The molecule has 4 nitrogen and oxygen atoms in total. The van der Waals surface area contributed by atoms with Gasteiger partial charge in [-0.3, -0.25) is 0 Å². The largest absolute Gasteiger partial charge is 0.253 e. The Morgan fingerprint density at radius 3 is 2.52 bits per heavy atom. The van der Waals surface area contributed by atoms with Crippen LogP contribution in [0, 0.1) is 18.3 Å². The third-order valence-corrected chi connectivity index (χ3v) is 7.26. The highest BCUT2D eigenvalue weighted by Gasteiger charge is 2.26. The molecule has 0 unspecified atom stereocenters. The van der Waals surface area contributed by atoms with Crippen molar-refractivity contribution in [1.82, 2.24) is 4.31 Å². The summed E-state index contributed by atoms with van der Waals surface area (Å²) in [4.78, 5) is 0. The quantitative estimate of drug-likeness (QED) is 0.740. The van der Waals surface area contributed by atoms with Crippen LogP contribution in [0.3, 0.4) is 0 Å². The molecule has 0 saturated carbocycles. The van der Waals surface area contributed by atoms with Crippen LogP contribution < -0.4 is 0 Å². The summed E-state index contributed by atoms with van der Waals surface area (Å²) in [7, 11) is -3.66. The number of benzene rings is 1. The molecule has 7 heteroatoms. The summed E-state index contributed by atoms with van der Waals surface area (Å²) < 4.78 is 27.5. The van der Waals surface area contributed by atoms with Crippen LogP contribution in [-0.2, 0) is 16.6 Å². The Morgan fingerprint density at radius 1 is 1.33 bits per heavy atom. The van der Waals surface area contributed by atoms with Crippen LogP contribution >= 0.6 is 27.3 Å². The molecule has 2 rings (SSSR count). The van der Waals surface area contributed by atoms with E-state index < -0.39 is 10.0 Å². The van der Waals surface area contributed by atoms with Gasteiger partial charge in [-0.2, -0.15) is 9.57 Å². The molecule has 0 bridgehead atoms. The van der Waals surface area contributed by atoms with Crippen LogP contribution in [0.1, 0.15) is 11.1 Å². The number of hydrogen-bond donors (Lipinski definition) is 0. The van der Waals surface area contributed by atoms with Crippen molar-refractivity contribution >= 4 is 37.3 Å². The molecule has 1 aromatic carbocycles. The maximum Gasteiger partial charge on any atom is 0.253 e. The second-order valence-corrected chi connectivity index (χ2v) is 8.97. The Bertz CT molecular complexity index is 745. The first-order valence-corrected chi connectivity index (χ1v) is 9.17. The third-order valence-electron chi connectivity index (χ3n) is 2.88. The average molecular weight is 385 g/mol. The summed E-state index contributed by atoms with van der Waals surface area (Å²) >= 11 is 4.50. The van der Waals surface area contributed by atoms with Gasteiger partial charge in [-0.25, -0.2) is 8.42 Å². The van der Waals surface area contributed by atoms with Crippen LogP contribution in [0.25, 0.3) is 0 Å². The number of nitrogens with zero attached hydrogens (tertiary/aromatic N) is 2. The van der Waals surface area contributed by atoms with Crippen LogP contribution in [-0.4, -0.2) is 19.3 Å². The Morgan fingerprint density at radius 2 is 2.00 bits per heavy atom. The molecule has 21 heavy (non-hydrogen) atoms. The van der Waals surface area contributed by atoms with Crippen molar-refractivity contribution in [1.29, 1.82) is 5.26 Å². The van der Waals surface area contributed by atoms with Crippen molar-refractivity contribution in [2.45, 2.75) is 17.7 Å². The lowest BCUT2D eigenvalue weighted by atomic mass is 10.2. The Balaban J connectivity index is 2.35. The van der Waals surface area contributed by atoms with Gasteiger partial charge in [0.25, 0.3) is 10.0 Å². The number of rotatable bonds is 5. The summed E-state index contributed by atoms with van der Waals surface area (Å²) in [6.45, 7) is 1.85. The van der Waals surface area contributed by atoms with Crippen LogP contribution in [0.4, 0.5) is 0 Å². The summed E-state index contributed by atoms with van der Waals surface area (Å²) in [5.74, 6) is 0. The van der Waals surface area contributed by atoms with E-state index in [0.717, 1.165) is 26.3 Å². The Kier molecular flexibility index (Phi) is 5.17. The Labute approximate surface area is 136 Å². The monoisotopic (exact) mass is 384 g/mol. The zero-order valence-electron chi connectivity index (χ0n) is 11.3. The predicted octanol–water partition coefficient (Wildman–Crippen LogP) is 3.53. The highest BCUT2D eigenvalue weighted by atomic mass is 79.9. The van der Waals surface area contributed by atoms with Gasteiger partial charge in [0, 0.05) is 6.54 Å². The molecule has 1 heterocycles. The van der Waals surface area contributed by atoms with Gasteiger partial charge in [0.2, 0.25) is 0 Å². The maximum absolute atomic E-state index is 12.7. The topological polar surface area (TPSA) is 61.2 Å². The van der Waals surface area contributed by atoms with Gasteiger partial charge in [-0.1, -0.05) is 30.3 Å². The van der Waals surface area contributed by atoms with Crippen molar-refractivity contribution in [3.63, 3.8) is 0 Å². The van der Waals surface area contributed by atoms with E-state index in [4.69, 9.17) is 5.26 Å². The van der Waals surface area contributed by atoms with Gasteiger partial charge in [0.05, 0.1) is 9.86 Å². The van der Waals surface area contributed by atoms with E-state index in [1.165, 1.54) is 4.31 Å². The lowest BCUT2D eigenvalue weighted by Gasteiger charge is -2.18. The standard InChI is InChI=1S/C14H13BrN2O2S2/c1-11-9-13(20-14(11)15)21(18,19)17(8-7-16)10-12-5-3-2-4-6-12/h2-6,9H,8,10H2,1H3. The van der Waals surface area contributed by atoms with E-state index in [1.54, 1.807) is 6.07 Å². The van der Waals surface area contributed by atoms with E-state index >= 15 is 0 Å². The van der Waals surface area contributed by atoms with E-state index in [2.05, 4.69) is 15.9 Å². The van der Waals surface area contributed by atoms with Gasteiger partial charge < -0.3 is 0 Å². The molecular formula is C14H13BrN2O2S2. The normalized spacial score (nSPS) is 11.5. The van der Waals surface area contributed by atoms with Crippen molar-refractivity contribution in [2.24, 2.45) is 0 Å². The number of hydrogen-bond acceptors (Lipinski definition) is 4. The third kappa shape index (κ3) is 3.71. The van der Waals surface area contributed by atoms with Crippen LogP contribution in [0.2, 0.25) is 0 Å². The summed E-state index contributed by atoms with van der Waals surface area (Å²) in [6.07, 6.45) is 0. The number of thiophene rings is 1. The first-order valence-electron chi connectivity index (χ1n) is 6.12. The zero-order chi connectivity index (χ0) is 15.5. The molecule has 0 saturated heterocycles. The Hall–Kier alpha value is -1.20. The summed E-state index contributed by atoms with van der Waals surface area (Å²) in [5.41, 5.74) is 1.72. The summed E-state index contributed by atoms with van der Waals surface area (Å²) in [5, 5.41) is 8.92. The molecule has 0 spiro atoms. The molecule has 0 atom stereocenters. The van der Waals surface area contributed by atoms with Crippen LogP contribution in [0.5, 0.6) is 0 Å². The number of aryl methyl sites for hydroxylation is 1. The molecule has 0 aliphatic carbocycles. The van der Waals surface area contributed by atoms with Gasteiger partial charge in [-0.15, -0.1) is 11.3 Å². The van der Waals surface area contributed by atoms with Crippen molar-refractivity contribution < 1.29 is 8.42 Å². The van der Waals surface area contributed by atoms with Gasteiger partial charge >= 0.3 is 0 Å². The molecule has 0 amide bonds. The second-order valence-electron chi connectivity index (χ2n) is 4.44. The van der Waals surface area contributed by atoms with Crippen molar-refractivity contribution in [3.8, 4) is 6.07 Å². The zero-order valence-corrected chi connectivity index (χ0v) is 14.5. The SMILES string of the molecule is Cc1cc(S(=O)(=O)N(CC#N)Cc2ccccc2)sc1Br. The number of halogens is 1. The molecular weight excluding hydrogens is 372 g/mol. The molecule has 110 valence electrons. The maximum atomic E-state index is 12.7. The molecule has 0 aliphatic rings. The number of nitriles is 1. The number of sulfonamides is 1. The smallest absolute Gasteiger partial charge is 0.206 e. The van der Waals surface area contributed by atoms with E-state index in [-0.39, 0.29) is 17.3 Å². The minimum atomic E-state index is -3.66. The van der Waals surface area contributed by atoms with Gasteiger partial charge in [0.1, 0.15) is 10.8 Å². The lowest BCUT2D eigenvalue weighted by molar-refractivity contribution is 0.443. The molecule has 1 aromatic heterocycles. The molecule has 0 N–H and O–H groups in total. The van der Waals surface area contributed by atoms with Crippen molar-refractivity contribution in [3.05, 3.63) is 51.3 Å². The van der Waals surface area contributed by atoms with Crippen LogP contribution in [0.15, 0.2) is 44.4 Å². The fourth-order valence-electron chi connectivity index (χ4n) is 1.78. The van der Waals surface area contributed by atoms with Gasteiger partial charge in [0.15, 0.2) is 0 Å². The summed E-state index contributed by atoms with van der Waals surface area (Å²) in [6, 6.07) is 12.8. The minimum absolute atomic E-state index is 0.175. The first kappa shape index (κ1) is 16.2. The predicted molar refractivity (Wildman–Crippen MR) is 86.4 cm³/mol. The van der Waals surface area contributed by atoms with E-state index in [1.807, 2.05) is 43.3 Å². The average Bonchev–Trinajstić information content (AvgIpc) is 2.80. The highest BCUT2D eigenvalue weighted by molar-refractivity contribution is 9.11. The van der Waals surface area contributed by atoms with Gasteiger partial charge in [-0.05, 0) is 40.0 Å². The van der Waals surface area contributed by atoms with Crippen molar-refractivity contribution in [2.75, 3.05) is 6.54 Å². The second kappa shape index (κ2) is 6.71. The van der Waals surface area contributed by atoms with E-state index in [0.29, 0.717) is 0 Å². The fraction of sp³-hybridized carbons (Fsp3) is 0.214. The fourth-order valence-corrected chi connectivity index (χ4v) is 5.48. The highest BCUT2D eigenvalue weighted by Crippen LogP contribution is 2.32. The molecule has 0 fully saturated rings. The molecule has 0 aliphatic heterocycles. The molecule has 2 aromatic rings. The molecule has 0 radical (unpaired) electrons. The minimum Gasteiger partial charge on any atom is -0.206 e.